The molecule has 84 valence electrons. The zero-order valence-corrected chi connectivity index (χ0v) is 9.33. The molecular weight excluding hydrogens is 194 g/mol. The van der Waals surface area contributed by atoms with Crippen LogP contribution in [0.2, 0.25) is 0 Å². The van der Waals surface area contributed by atoms with Crippen molar-refractivity contribution in [3.8, 4) is 0 Å². The van der Waals surface area contributed by atoms with Gasteiger partial charge in [0, 0.05) is 18.7 Å². The van der Waals surface area contributed by atoms with Crippen molar-refractivity contribution in [2.75, 3.05) is 6.54 Å². The highest BCUT2D eigenvalue weighted by Gasteiger charge is 2.03. The Morgan fingerprint density at radius 2 is 2.33 bits per heavy atom. The van der Waals surface area contributed by atoms with Crippen molar-refractivity contribution in [3.05, 3.63) is 17.5 Å². The molecule has 1 aromatic rings. The Hall–Kier alpha value is -1.36. The smallest absolute Gasteiger partial charge is 0.234 e. The number of carbonyl (C=O) groups excluding carboxylic acids is 1. The van der Waals surface area contributed by atoms with Gasteiger partial charge in [-0.2, -0.15) is 0 Å². The highest BCUT2D eigenvalue weighted by atomic mass is 16.5. The molecule has 0 spiro atoms. The second kappa shape index (κ2) is 5.50. The molecule has 0 aliphatic rings. The maximum atomic E-state index is 11.2. The minimum Gasteiger partial charge on any atom is -0.361 e. The van der Waals surface area contributed by atoms with Gasteiger partial charge in [0.25, 0.3) is 0 Å². The molecule has 1 aromatic heterocycles. The largest absolute Gasteiger partial charge is 0.361 e. The average Bonchev–Trinajstić information content (AvgIpc) is 2.50. The maximum Gasteiger partial charge on any atom is 0.234 e. The number of carbonyl (C=O) groups is 1. The summed E-state index contributed by atoms with van der Waals surface area (Å²) >= 11 is 0. The predicted molar refractivity (Wildman–Crippen MR) is 56.2 cm³/mol. The quantitative estimate of drug-likeness (QED) is 0.748. The van der Waals surface area contributed by atoms with E-state index in [0.717, 1.165) is 11.5 Å². The molecule has 0 saturated carbocycles. The molecule has 0 radical (unpaired) electrons. The van der Waals surface area contributed by atoms with E-state index in [1.807, 2.05) is 26.8 Å². The highest BCUT2D eigenvalue weighted by molar-refractivity contribution is 5.78. The molecular formula is C10H17N3O2. The number of hydrogen-bond acceptors (Lipinski definition) is 4. The van der Waals surface area contributed by atoms with Crippen LogP contribution in [-0.4, -0.2) is 23.7 Å². The Labute approximate surface area is 89.2 Å². The maximum absolute atomic E-state index is 11.2. The van der Waals surface area contributed by atoms with Gasteiger partial charge < -0.3 is 15.2 Å². The van der Waals surface area contributed by atoms with Crippen LogP contribution in [0, 0.1) is 6.92 Å². The van der Waals surface area contributed by atoms with Gasteiger partial charge in [0.15, 0.2) is 0 Å². The third-order valence-electron chi connectivity index (χ3n) is 1.72. The molecule has 5 nitrogen and oxygen atoms in total. The monoisotopic (exact) mass is 211 g/mol. The van der Waals surface area contributed by atoms with Gasteiger partial charge in [-0.05, 0) is 20.8 Å². The lowest BCUT2D eigenvalue weighted by molar-refractivity contribution is -0.120. The fraction of sp³-hybridized carbons (Fsp3) is 0.600. The Bertz CT molecular complexity index is 320. The summed E-state index contributed by atoms with van der Waals surface area (Å²) in [6.45, 7) is 6.53. The third kappa shape index (κ3) is 4.60. The molecule has 2 N–H and O–H groups in total. The molecule has 15 heavy (non-hydrogen) atoms. The lowest BCUT2D eigenvalue weighted by Crippen LogP contribution is -2.37. The Morgan fingerprint density at radius 3 is 2.87 bits per heavy atom. The van der Waals surface area contributed by atoms with Gasteiger partial charge in [-0.1, -0.05) is 5.16 Å². The van der Waals surface area contributed by atoms with E-state index in [2.05, 4.69) is 15.8 Å². The first-order valence-corrected chi connectivity index (χ1v) is 5.00. The van der Waals surface area contributed by atoms with E-state index in [1.54, 1.807) is 0 Å². The van der Waals surface area contributed by atoms with Crippen LogP contribution in [0.4, 0.5) is 0 Å². The number of aromatic nitrogens is 1. The first-order chi connectivity index (χ1) is 7.08. The van der Waals surface area contributed by atoms with Gasteiger partial charge in [0.1, 0.15) is 5.76 Å². The second-order valence-electron chi connectivity index (χ2n) is 3.75. The van der Waals surface area contributed by atoms with Crippen molar-refractivity contribution in [2.45, 2.75) is 33.4 Å². The fourth-order valence-electron chi connectivity index (χ4n) is 1.18. The number of aryl methyl sites for hydroxylation is 1. The zero-order valence-electron chi connectivity index (χ0n) is 9.33. The zero-order chi connectivity index (χ0) is 11.3. The normalized spacial score (nSPS) is 10.7. The van der Waals surface area contributed by atoms with Crippen LogP contribution >= 0.6 is 0 Å². The number of hydrogen-bond donors (Lipinski definition) is 2. The molecule has 1 rings (SSSR count). The van der Waals surface area contributed by atoms with E-state index >= 15 is 0 Å². The SMILES string of the molecule is Cc1cc(CNCC(=O)NC(C)C)no1. The second-order valence-corrected chi connectivity index (χ2v) is 3.75. The van der Waals surface area contributed by atoms with E-state index in [9.17, 15) is 4.79 Å². The molecule has 1 heterocycles. The highest BCUT2D eigenvalue weighted by Crippen LogP contribution is 1.99. The molecule has 0 aliphatic carbocycles. The van der Waals surface area contributed by atoms with E-state index < -0.39 is 0 Å². The summed E-state index contributed by atoms with van der Waals surface area (Å²) in [5, 5.41) is 9.58. The number of nitrogens with one attached hydrogen (secondary N) is 2. The van der Waals surface area contributed by atoms with Crippen molar-refractivity contribution < 1.29 is 9.32 Å². The van der Waals surface area contributed by atoms with Crippen LogP contribution in [0.3, 0.4) is 0 Å². The molecule has 5 heteroatoms. The number of rotatable bonds is 5. The standard InChI is InChI=1S/C10H17N3O2/c1-7(2)12-10(14)6-11-5-9-4-8(3)15-13-9/h4,7,11H,5-6H2,1-3H3,(H,12,14). The van der Waals surface area contributed by atoms with Gasteiger partial charge in [-0.15, -0.1) is 0 Å². The lowest BCUT2D eigenvalue weighted by Gasteiger charge is -2.08. The Balaban J connectivity index is 2.19. The van der Waals surface area contributed by atoms with Crippen LogP contribution in [0.5, 0.6) is 0 Å². The molecule has 0 aliphatic heterocycles. The first-order valence-electron chi connectivity index (χ1n) is 5.00. The van der Waals surface area contributed by atoms with E-state index in [-0.39, 0.29) is 11.9 Å². The van der Waals surface area contributed by atoms with E-state index in [1.165, 1.54) is 0 Å². The van der Waals surface area contributed by atoms with Gasteiger partial charge in [0.05, 0.1) is 12.2 Å². The molecule has 0 saturated heterocycles. The number of amides is 1. The van der Waals surface area contributed by atoms with E-state index in [0.29, 0.717) is 13.1 Å². The van der Waals surface area contributed by atoms with Crippen LogP contribution < -0.4 is 10.6 Å². The summed E-state index contributed by atoms with van der Waals surface area (Å²) in [6, 6.07) is 2.02. The minimum absolute atomic E-state index is 0.00906. The minimum atomic E-state index is -0.00906. The summed E-state index contributed by atoms with van der Waals surface area (Å²) in [6.07, 6.45) is 0. The van der Waals surface area contributed by atoms with Crippen LogP contribution in [0.25, 0.3) is 0 Å². The molecule has 0 fully saturated rings. The van der Waals surface area contributed by atoms with Gasteiger partial charge >= 0.3 is 0 Å². The molecule has 0 aromatic carbocycles. The summed E-state index contributed by atoms with van der Waals surface area (Å²) in [4.78, 5) is 11.2. The van der Waals surface area contributed by atoms with Crippen LogP contribution in [0.15, 0.2) is 10.6 Å². The summed E-state index contributed by atoms with van der Waals surface area (Å²) in [7, 11) is 0. The first kappa shape index (κ1) is 11.7. The Kier molecular flexibility index (Phi) is 4.30. The molecule has 0 unspecified atom stereocenters. The summed E-state index contributed by atoms with van der Waals surface area (Å²) in [5.74, 6) is 0.767. The van der Waals surface area contributed by atoms with Crippen LogP contribution in [0.1, 0.15) is 25.3 Å². The molecule has 0 bridgehead atoms. The van der Waals surface area contributed by atoms with Crippen molar-refractivity contribution in [1.29, 1.82) is 0 Å². The topological polar surface area (TPSA) is 67.2 Å². The molecule has 1 amide bonds. The van der Waals surface area contributed by atoms with Crippen molar-refractivity contribution in [2.24, 2.45) is 0 Å². The average molecular weight is 211 g/mol. The number of nitrogens with zero attached hydrogens (tertiary/aromatic N) is 1. The predicted octanol–water partition coefficient (Wildman–Crippen LogP) is 0.597. The Morgan fingerprint density at radius 1 is 1.60 bits per heavy atom. The van der Waals surface area contributed by atoms with E-state index in [4.69, 9.17) is 4.52 Å². The van der Waals surface area contributed by atoms with Gasteiger partial charge in [-0.25, -0.2) is 0 Å². The van der Waals surface area contributed by atoms with Gasteiger partial charge in [-0.3, -0.25) is 4.79 Å². The summed E-state index contributed by atoms with van der Waals surface area (Å²) < 4.78 is 4.90. The van der Waals surface area contributed by atoms with Gasteiger partial charge in [0.2, 0.25) is 5.91 Å². The summed E-state index contributed by atoms with van der Waals surface area (Å²) in [5.41, 5.74) is 0.810. The van der Waals surface area contributed by atoms with Crippen molar-refractivity contribution in [3.63, 3.8) is 0 Å². The van der Waals surface area contributed by atoms with Crippen molar-refractivity contribution >= 4 is 5.91 Å². The van der Waals surface area contributed by atoms with Crippen LogP contribution in [-0.2, 0) is 11.3 Å². The van der Waals surface area contributed by atoms with Crippen molar-refractivity contribution in [1.82, 2.24) is 15.8 Å². The third-order valence-corrected chi connectivity index (χ3v) is 1.72. The fourth-order valence-corrected chi connectivity index (χ4v) is 1.18. The molecule has 0 atom stereocenters. The lowest BCUT2D eigenvalue weighted by atomic mass is 10.3.